The zero-order valence-corrected chi connectivity index (χ0v) is 19.0. The Hall–Kier alpha value is -3.80. The highest BCUT2D eigenvalue weighted by Gasteiger charge is 2.40. The van der Waals surface area contributed by atoms with Gasteiger partial charge >= 0.3 is 0 Å². The fraction of sp³-hybridized carbons (Fsp3) is 0.381. The van der Waals surface area contributed by atoms with Crippen LogP contribution in [0.4, 0.5) is 11.6 Å². The van der Waals surface area contributed by atoms with Crippen molar-refractivity contribution in [3.05, 3.63) is 35.1 Å². The van der Waals surface area contributed by atoms with Crippen LogP contribution in [0.15, 0.2) is 29.3 Å². The van der Waals surface area contributed by atoms with Gasteiger partial charge in [0.15, 0.2) is 28.3 Å². The summed E-state index contributed by atoms with van der Waals surface area (Å²) in [5, 5.41) is 12.0. The largest absolute Gasteiger partial charge is 0.382 e. The lowest BCUT2D eigenvalue weighted by atomic mass is 9.88. The molecule has 3 aromatic rings. The summed E-state index contributed by atoms with van der Waals surface area (Å²) in [6, 6.07) is 7.51. The van der Waals surface area contributed by atoms with Gasteiger partial charge in [0.2, 0.25) is 5.91 Å². The van der Waals surface area contributed by atoms with Gasteiger partial charge in [-0.05, 0) is 25.0 Å². The van der Waals surface area contributed by atoms with Crippen LogP contribution in [0.2, 0.25) is 5.15 Å². The molecule has 1 aromatic carbocycles. The van der Waals surface area contributed by atoms with Crippen LogP contribution in [-0.2, 0) is 11.3 Å². The van der Waals surface area contributed by atoms with E-state index in [0.717, 1.165) is 11.0 Å². The van der Waals surface area contributed by atoms with Crippen LogP contribution in [0.25, 0.3) is 11.0 Å². The van der Waals surface area contributed by atoms with Gasteiger partial charge in [0.05, 0.1) is 18.5 Å². The maximum atomic E-state index is 12.8. The molecule has 2 aliphatic heterocycles. The number of anilines is 2. The summed E-state index contributed by atoms with van der Waals surface area (Å²) in [6.45, 7) is 1.79. The van der Waals surface area contributed by atoms with Crippen LogP contribution < -0.4 is 16.8 Å². The van der Waals surface area contributed by atoms with Gasteiger partial charge in [-0.2, -0.15) is 15.0 Å². The molecule has 5 N–H and O–H groups in total. The first-order chi connectivity index (χ1) is 16.3. The van der Waals surface area contributed by atoms with E-state index in [0.29, 0.717) is 38.3 Å². The van der Waals surface area contributed by atoms with E-state index in [2.05, 4.69) is 30.5 Å². The normalized spacial score (nSPS) is 17.1. The molecule has 13 heteroatoms. The molecule has 0 saturated carbocycles. The van der Waals surface area contributed by atoms with Crippen molar-refractivity contribution in [1.82, 2.24) is 35.2 Å². The number of nitrogens with one attached hydrogen (secondary N) is 1. The third kappa shape index (κ3) is 4.23. The van der Waals surface area contributed by atoms with Crippen LogP contribution in [-0.4, -0.2) is 72.6 Å². The summed E-state index contributed by atoms with van der Waals surface area (Å²) in [7, 11) is 0. The molecule has 0 radical (unpaired) electrons. The summed E-state index contributed by atoms with van der Waals surface area (Å²) >= 11 is 5.88. The quantitative estimate of drug-likeness (QED) is 0.442. The van der Waals surface area contributed by atoms with Gasteiger partial charge in [-0.25, -0.2) is 9.97 Å². The van der Waals surface area contributed by atoms with E-state index >= 15 is 0 Å². The van der Waals surface area contributed by atoms with Crippen LogP contribution in [0.5, 0.6) is 0 Å². The Kier molecular flexibility index (Phi) is 5.52. The second kappa shape index (κ2) is 8.52. The maximum Gasteiger partial charge on any atom is 0.246 e. The predicted molar refractivity (Wildman–Crippen MR) is 126 cm³/mol. The highest BCUT2D eigenvalue weighted by Crippen LogP contribution is 2.27. The van der Waals surface area contributed by atoms with E-state index < -0.39 is 0 Å². The number of benzene rings is 1. The number of Topliss-reactive ketones (excluding diaryl/α,β-unsaturated/α-hetero) is 1. The van der Waals surface area contributed by atoms with Crippen molar-refractivity contribution in [3.8, 4) is 0 Å². The molecule has 34 heavy (non-hydrogen) atoms. The summed E-state index contributed by atoms with van der Waals surface area (Å²) in [5.41, 5.74) is 12.6. The average molecular weight is 483 g/mol. The number of piperidine rings is 1. The molecule has 1 fully saturated rings. The molecular formula is C21H23ClN10O2. The monoisotopic (exact) mass is 482 g/mol. The minimum Gasteiger partial charge on any atom is -0.382 e. The van der Waals surface area contributed by atoms with Crippen LogP contribution in [0.1, 0.15) is 29.8 Å². The Balaban J connectivity index is 1.15. The Morgan fingerprint density at radius 3 is 2.41 bits per heavy atom. The third-order valence-corrected chi connectivity index (χ3v) is 6.44. The highest BCUT2D eigenvalue weighted by molar-refractivity contribution is 6.31. The van der Waals surface area contributed by atoms with E-state index in [1.165, 1.54) is 4.80 Å². The second-order valence-corrected chi connectivity index (χ2v) is 8.86. The van der Waals surface area contributed by atoms with Crippen LogP contribution in [0, 0.1) is 0 Å². The van der Waals surface area contributed by atoms with Gasteiger partial charge in [0, 0.05) is 13.1 Å². The minimum absolute atomic E-state index is 0.00203. The number of hydrogen-bond acceptors (Lipinski definition) is 10. The van der Waals surface area contributed by atoms with Crippen LogP contribution >= 0.6 is 11.6 Å². The molecule has 1 spiro atoms. The number of hydrogen-bond donors (Lipinski definition) is 3. The van der Waals surface area contributed by atoms with Gasteiger partial charge in [-0.1, -0.05) is 23.7 Å². The number of amidine groups is 1. The lowest BCUT2D eigenvalue weighted by molar-refractivity contribution is -0.133. The summed E-state index contributed by atoms with van der Waals surface area (Å²) in [6.07, 6.45) is 1.43. The number of halogens is 1. The van der Waals surface area contributed by atoms with Crippen molar-refractivity contribution in [2.45, 2.75) is 31.3 Å². The number of likely N-dealkylation sites (tertiary alicyclic amines) is 1. The number of nitrogens with zero attached hydrogens (tertiary/aromatic N) is 7. The number of ketones is 1. The predicted octanol–water partition coefficient (Wildman–Crippen LogP) is 0.675. The third-order valence-electron chi connectivity index (χ3n) is 6.16. The summed E-state index contributed by atoms with van der Waals surface area (Å²) in [4.78, 5) is 41.0. The number of carbonyl (C=O) groups excluding carboxylic acids is 2. The first-order valence-electron chi connectivity index (χ1n) is 10.8. The fourth-order valence-electron chi connectivity index (χ4n) is 4.28. The van der Waals surface area contributed by atoms with Crippen molar-refractivity contribution in [2.24, 2.45) is 4.99 Å². The number of aromatic nitrogens is 5. The van der Waals surface area contributed by atoms with Crippen molar-refractivity contribution < 1.29 is 9.59 Å². The van der Waals surface area contributed by atoms with Crippen LogP contribution in [0.3, 0.4) is 0 Å². The van der Waals surface area contributed by atoms with Gasteiger partial charge < -0.3 is 21.7 Å². The molecule has 12 nitrogen and oxygen atoms in total. The van der Waals surface area contributed by atoms with Gasteiger partial charge in [-0.15, -0.1) is 0 Å². The summed E-state index contributed by atoms with van der Waals surface area (Å²) in [5.74, 6) is 0.0996. The molecular weight excluding hydrogens is 460 g/mol. The second-order valence-electron chi connectivity index (χ2n) is 8.50. The molecule has 0 unspecified atom stereocenters. The molecule has 5 rings (SSSR count). The molecule has 0 atom stereocenters. The maximum absolute atomic E-state index is 12.8. The van der Waals surface area contributed by atoms with Gasteiger partial charge in [-0.3, -0.25) is 14.6 Å². The lowest BCUT2D eigenvalue weighted by Crippen LogP contribution is -2.55. The van der Waals surface area contributed by atoms with Gasteiger partial charge in [0.25, 0.3) is 0 Å². The van der Waals surface area contributed by atoms with Crippen molar-refractivity contribution in [1.29, 1.82) is 0 Å². The molecule has 2 aliphatic rings. The molecule has 2 aromatic heterocycles. The Bertz CT molecular complexity index is 1280. The molecule has 1 saturated heterocycles. The Labute approximate surface area is 199 Å². The molecule has 0 bridgehead atoms. The Morgan fingerprint density at radius 2 is 1.74 bits per heavy atom. The highest BCUT2D eigenvalue weighted by atomic mass is 35.5. The fourth-order valence-corrected chi connectivity index (χ4v) is 4.40. The number of rotatable bonds is 5. The first-order valence-corrected chi connectivity index (χ1v) is 11.2. The molecule has 0 aliphatic carbocycles. The number of aliphatic imine (C=N–C) groups is 1. The zero-order chi connectivity index (χ0) is 23.9. The SMILES string of the molecule is Nc1nc(N)c(C(=O)CC2=NCC3(CCN(C(=O)Cn4nc5ccccc5n4)CC3)N2)nc1Cl. The Morgan fingerprint density at radius 1 is 1.06 bits per heavy atom. The number of nitrogens with two attached hydrogens (primary N) is 2. The first kappa shape index (κ1) is 22.0. The standard InChI is InChI=1S/C21H23ClN10O2/c22-18-20(24)27-19(23)17(26-18)14(33)9-15-25-11-21(28-15)5-7-31(8-6-21)16(34)10-32-29-12-3-1-2-4-13(12)30-32/h1-4H,5-11H2,(H,25,28)(H4,23,24,27). The van der Waals surface area contributed by atoms with Crippen molar-refractivity contribution in [3.63, 3.8) is 0 Å². The molecule has 1 amide bonds. The van der Waals surface area contributed by atoms with Crippen molar-refractivity contribution in [2.75, 3.05) is 31.1 Å². The van der Waals surface area contributed by atoms with E-state index in [-0.39, 0.29) is 52.7 Å². The van der Waals surface area contributed by atoms with E-state index in [4.69, 9.17) is 23.1 Å². The molecule has 4 heterocycles. The number of fused-ring (bicyclic) bond motifs is 1. The lowest BCUT2D eigenvalue weighted by Gasteiger charge is -2.39. The molecule has 176 valence electrons. The van der Waals surface area contributed by atoms with E-state index in [1.807, 2.05) is 29.2 Å². The topological polar surface area (TPSA) is 170 Å². The average Bonchev–Trinajstić information content (AvgIpc) is 3.40. The van der Waals surface area contributed by atoms with E-state index in [9.17, 15) is 9.59 Å². The smallest absolute Gasteiger partial charge is 0.246 e. The van der Waals surface area contributed by atoms with Crippen molar-refractivity contribution >= 4 is 51.8 Å². The minimum atomic E-state index is -0.345. The summed E-state index contributed by atoms with van der Waals surface area (Å²) < 4.78 is 0. The van der Waals surface area contributed by atoms with E-state index in [1.54, 1.807) is 0 Å². The van der Waals surface area contributed by atoms with Gasteiger partial charge in [0.1, 0.15) is 23.4 Å². The number of carbonyl (C=O) groups is 2. The number of nitrogen functional groups attached to an aromatic ring is 2. The zero-order valence-electron chi connectivity index (χ0n) is 18.2. The number of amides is 1.